The lowest BCUT2D eigenvalue weighted by Gasteiger charge is -2.25. The molecule has 1 aliphatic rings. The van der Waals surface area contributed by atoms with E-state index in [9.17, 15) is 9.59 Å². The molecular formula is C19H23ClN2O3S2. The predicted molar refractivity (Wildman–Crippen MR) is 114 cm³/mol. The number of nitrogens with one attached hydrogen (secondary N) is 1. The highest BCUT2D eigenvalue weighted by molar-refractivity contribution is 7.98. The number of esters is 1. The molecule has 0 saturated heterocycles. The summed E-state index contributed by atoms with van der Waals surface area (Å²) in [6, 6.07) is 7.45. The molecule has 1 aromatic carbocycles. The highest BCUT2D eigenvalue weighted by atomic mass is 35.5. The van der Waals surface area contributed by atoms with E-state index in [0.717, 1.165) is 41.4 Å². The summed E-state index contributed by atoms with van der Waals surface area (Å²) in [7, 11) is 1.38. The van der Waals surface area contributed by atoms with Crippen molar-refractivity contribution in [1.29, 1.82) is 0 Å². The number of benzene rings is 1. The van der Waals surface area contributed by atoms with Crippen molar-refractivity contribution in [3.8, 4) is 0 Å². The number of likely N-dealkylation sites (N-methyl/N-ethyl adjacent to an activating group) is 1. The molecule has 1 aromatic heterocycles. The minimum Gasteiger partial charge on any atom is -0.465 e. The zero-order valence-corrected chi connectivity index (χ0v) is 18.0. The van der Waals surface area contributed by atoms with Crippen LogP contribution in [-0.2, 0) is 17.7 Å². The number of carbonyl (C=O) groups is 2. The number of amides is 1. The van der Waals surface area contributed by atoms with Gasteiger partial charge in [0.05, 0.1) is 12.7 Å². The van der Waals surface area contributed by atoms with Gasteiger partial charge >= 0.3 is 5.97 Å². The number of ether oxygens (including phenoxy) is 1. The van der Waals surface area contributed by atoms with Crippen LogP contribution >= 0.6 is 35.5 Å². The van der Waals surface area contributed by atoms with Crippen molar-refractivity contribution in [1.82, 2.24) is 4.90 Å². The van der Waals surface area contributed by atoms with Gasteiger partial charge in [-0.2, -0.15) is 0 Å². The molecular weight excluding hydrogens is 404 g/mol. The number of anilines is 1. The number of hydrogen-bond donors (Lipinski definition) is 1. The predicted octanol–water partition coefficient (Wildman–Crippen LogP) is 4.31. The minimum absolute atomic E-state index is 0. The van der Waals surface area contributed by atoms with Crippen LogP contribution in [0.4, 0.5) is 5.00 Å². The van der Waals surface area contributed by atoms with Crippen LogP contribution in [0.2, 0.25) is 0 Å². The fourth-order valence-electron chi connectivity index (χ4n) is 3.07. The summed E-state index contributed by atoms with van der Waals surface area (Å²) in [5.41, 5.74) is 2.10. The molecule has 1 amide bonds. The second-order valence-electron chi connectivity index (χ2n) is 6.00. The molecule has 0 saturated carbocycles. The average molecular weight is 427 g/mol. The Labute approximate surface area is 173 Å². The number of rotatable bonds is 5. The van der Waals surface area contributed by atoms with Crippen LogP contribution < -0.4 is 5.32 Å². The second kappa shape index (κ2) is 9.59. The van der Waals surface area contributed by atoms with Gasteiger partial charge in [0.25, 0.3) is 5.91 Å². The van der Waals surface area contributed by atoms with E-state index < -0.39 is 0 Å². The quantitative estimate of drug-likeness (QED) is 0.570. The Balaban J connectivity index is 0.00000261. The smallest absolute Gasteiger partial charge is 0.341 e. The lowest BCUT2D eigenvalue weighted by Crippen LogP contribution is -2.29. The number of halogens is 1. The number of fused-ring (bicyclic) bond motifs is 1. The highest BCUT2D eigenvalue weighted by Crippen LogP contribution is 2.37. The third-order valence-corrected chi connectivity index (χ3v) is 6.39. The van der Waals surface area contributed by atoms with Crippen LogP contribution in [0.15, 0.2) is 29.2 Å². The first kappa shape index (κ1) is 21.8. The minimum atomic E-state index is -0.388. The third kappa shape index (κ3) is 4.66. The highest BCUT2D eigenvalue weighted by Gasteiger charge is 2.29. The van der Waals surface area contributed by atoms with E-state index in [2.05, 4.69) is 17.1 Å². The number of hydrogen-bond acceptors (Lipinski definition) is 6. The van der Waals surface area contributed by atoms with Crippen molar-refractivity contribution in [3.05, 3.63) is 45.8 Å². The summed E-state index contributed by atoms with van der Waals surface area (Å²) < 4.78 is 4.98. The van der Waals surface area contributed by atoms with E-state index >= 15 is 0 Å². The molecule has 0 radical (unpaired) electrons. The molecule has 0 unspecified atom stereocenters. The fraction of sp³-hybridized carbons (Fsp3) is 0.368. The largest absolute Gasteiger partial charge is 0.465 e. The van der Waals surface area contributed by atoms with Gasteiger partial charge in [-0.15, -0.1) is 35.5 Å². The lowest BCUT2D eigenvalue weighted by molar-refractivity contribution is 0.0600. The summed E-state index contributed by atoms with van der Waals surface area (Å²) in [5, 5.41) is 3.52. The van der Waals surface area contributed by atoms with Crippen LogP contribution in [0.1, 0.15) is 38.1 Å². The van der Waals surface area contributed by atoms with Gasteiger partial charge in [0.2, 0.25) is 0 Å². The molecule has 0 fully saturated rings. The van der Waals surface area contributed by atoms with Gasteiger partial charge in [-0.25, -0.2) is 4.79 Å². The van der Waals surface area contributed by atoms with E-state index in [1.807, 2.05) is 24.5 Å². The molecule has 27 heavy (non-hydrogen) atoms. The molecule has 8 heteroatoms. The van der Waals surface area contributed by atoms with Gasteiger partial charge in [-0.05, 0) is 43.0 Å². The SMILES string of the molecule is CCN1CCc2c(sc(NC(=O)c3cccc(SC)c3)c2C(=O)OC)C1.Cl. The van der Waals surface area contributed by atoms with Gasteiger partial charge in [0, 0.05) is 28.4 Å². The Hall–Kier alpha value is -1.54. The molecule has 2 heterocycles. The standard InChI is InChI=1S/C19H22N2O3S2.ClH/c1-4-21-9-8-14-15(11-21)26-18(16(14)19(23)24-2)20-17(22)12-6-5-7-13(10-12)25-3;/h5-7,10H,4,8-9,11H2,1-3H3,(H,20,22);1H. The summed E-state index contributed by atoms with van der Waals surface area (Å²) in [6.45, 7) is 4.81. The normalized spacial score (nSPS) is 13.4. The monoisotopic (exact) mass is 426 g/mol. The molecule has 146 valence electrons. The van der Waals surface area contributed by atoms with E-state index in [1.165, 1.54) is 18.4 Å². The number of thioether (sulfide) groups is 1. The van der Waals surface area contributed by atoms with Gasteiger partial charge in [-0.3, -0.25) is 9.69 Å². The summed E-state index contributed by atoms with van der Waals surface area (Å²) in [4.78, 5) is 29.5. The summed E-state index contributed by atoms with van der Waals surface area (Å²) in [5.74, 6) is -0.599. The van der Waals surface area contributed by atoms with Gasteiger partial charge in [0.15, 0.2) is 0 Å². The van der Waals surface area contributed by atoms with Crippen molar-refractivity contribution in [2.45, 2.75) is 24.8 Å². The first-order valence-electron chi connectivity index (χ1n) is 8.48. The van der Waals surface area contributed by atoms with Crippen LogP contribution in [0, 0.1) is 0 Å². The molecule has 0 spiro atoms. The zero-order valence-electron chi connectivity index (χ0n) is 15.5. The molecule has 5 nitrogen and oxygen atoms in total. The van der Waals surface area contributed by atoms with Crippen LogP contribution in [-0.4, -0.2) is 43.2 Å². The maximum absolute atomic E-state index is 12.7. The summed E-state index contributed by atoms with van der Waals surface area (Å²) in [6.07, 6.45) is 2.76. The molecule has 0 atom stereocenters. The maximum Gasteiger partial charge on any atom is 0.341 e. The molecule has 0 aliphatic carbocycles. The van der Waals surface area contributed by atoms with Crippen LogP contribution in [0.3, 0.4) is 0 Å². The Bertz CT molecular complexity index is 838. The Morgan fingerprint density at radius 3 is 2.81 bits per heavy atom. The van der Waals surface area contributed by atoms with Crippen molar-refractivity contribution < 1.29 is 14.3 Å². The Morgan fingerprint density at radius 1 is 1.37 bits per heavy atom. The molecule has 0 bridgehead atoms. The lowest BCUT2D eigenvalue weighted by atomic mass is 10.0. The first-order chi connectivity index (χ1) is 12.6. The van der Waals surface area contributed by atoms with E-state index in [-0.39, 0.29) is 24.3 Å². The fourth-order valence-corrected chi connectivity index (χ4v) is 4.80. The number of methoxy groups -OCH3 is 1. The number of carbonyl (C=O) groups excluding carboxylic acids is 2. The van der Waals surface area contributed by atoms with E-state index in [4.69, 9.17) is 4.74 Å². The Morgan fingerprint density at radius 2 is 2.15 bits per heavy atom. The van der Waals surface area contributed by atoms with Crippen molar-refractivity contribution in [2.75, 3.05) is 31.8 Å². The molecule has 3 rings (SSSR count). The number of thiophene rings is 1. The molecule has 1 aliphatic heterocycles. The van der Waals surface area contributed by atoms with Crippen LogP contribution in [0.5, 0.6) is 0 Å². The third-order valence-electron chi connectivity index (χ3n) is 4.53. The zero-order chi connectivity index (χ0) is 18.7. The molecule has 2 aromatic rings. The first-order valence-corrected chi connectivity index (χ1v) is 10.5. The summed E-state index contributed by atoms with van der Waals surface area (Å²) >= 11 is 3.06. The van der Waals surface area contributed by atoms with Gasteiger partial charge in [0.1, 0.15) is 5.00 Å². The van der Waals surface area contributed by atoms with Gasteiger partial charge in [-0.1, -0.05) is 13.0 Å². The Kier molecular flexibility index (Phi) is 7.73. The number of nitrogens with zero attached hydrogens (tertiary/aromatic N) is 1. The van der Waals surface area contributed by atoms with Crippen molar-refractivity contribution >= 4 is 52.4 Å². The van der Waals surface area contributed by atoms with Crippen LogP contribution in [0.25, 0.3) is 0 Å². The average Bonchev–Trinajstić information content (AvgIpc) is 3.04. The maximum atomic E-state index is 12.7. The topological polar surface area (TPSA) is 58.6 Å². The van der Waals surface area contributed by atoms with Crippen molar-refractivity contribution in [2.24, 2.45) is 0 Å². The van der Waals surface area contributed by atoms with Gasteiger partial charge < -0.3 is 10.1 Å². The van der Waals surface area contributed by atoms with E-state index in [0.29, 0.717) is 16.1 Å². The second-order valence-corrected chi connectivity index (χ2v) is 7.99. The van der Waals surface area contributed by atoms with E-state index in [1.54, 1.807) is 17.8 Å². The molecule has 1 N–H and O–H groups in total. The van der Waals surface area contributed by atoms with Crippen molar-refractivity contribution in [3.63, 3.8) is 0 Å².